The Labute approximate surface area is 166 Å². The van der Waals surface area contributed by atoms with Crippen molar-refractivity contribution in [1.82, 2.24) is 20.2 Å². The summed E-state index contributed by atoms with van der Waals surface area (Å²) in [7, 11) is 4.15. The predicted molar refractivity (Wildman–Crippen MR) is 116 cm³/mol. The summed E-state index contributed by atoms with van der Waals surface area (Å²) in [5.74, 6) is 0.397. The quantitative estimate of drug-likeness (QED) is 0.687. The number of anilines is 1. The highest BCUT2D eigenvalue weighted by Gasteiger charge is 2.33. The summed E-state index contributed by atoms with van der Waals surface area (Å²) >= 11 is 0. The zero-order valence-electron chi connectivity index (χ0n) is 16.9. The Morgan fingerprint density at radius 1 is 1.39 bits per heavy atom. The summed E-state index contributed by atoms with van der Waals surface area (Å²) in [5.41, 5.74) is 4.56. The Morgan fingerprint density at radius 2 is 2.18 bits per heavy atom. The zero-order chi connectivity index (χ0) is 20.3. The first-order valence-corrected chi connectivity index (χ1v) is 9.57. The van der Waals surface area contributed by atoms with Crippen LogP contribution in [0, 0.1) is 5.92 Å². The maximum atomic E-state index is 12.5. The van der Waals surface area contributed by atoms with Crippen LogP contribution in [0.25, 0.3) is 11.0 Å². The Hall–Kier alpha value is -2.86. The molecule has 148 valence electrons. The third-order valence-corrected chi connectivity index (χ3v) is 5.24. The van der Waals surface area contributed by atoms with Crippen molar-refractivity contribution in [1.29, 1.82) is 0 Å². The molecule has 2 aromatic rings. The van der Waals surface area contributed by atoms with Crippen LogP contribution in [0.3, 0.4) is 0 Å². The smallest absolute Gasteiger partial charge is 0.322 e. The summed E-state index contributed by atoms with van der Waals surface area (Å²) in [6.45, 7) is 12.2. The average Bonchev–Trinajstić information content (AvgIpc) is 3.29. The molecule has 0 bridgehead atoms. The highest BCUT2D eigenvalue weighted by Crippen LogP contribution is 2.27. The molecular formula is C22H29N5O. The number of carbonyl (C=O) groups excluding carboxylic acids is 1. The molecule has 2 heterocycles. The van der Waals surface area contributed by atoms with Gasteiger partial charge in [0, 0.05) is 12.2 Å². The highest BCUT2D eigenvalue weighted by molar-refractivity contribution is 5.97. The SMILES string of the molecule is C=C(/C=C\C(=C)[C@H]1CNC(=O)N1c1ccc2nc[nH]c2c1)C(C)CCN(C)C. The van der Waals surface area contributed by atoms with Crippen LogP contribution in [0.4, 0.5) is 10.5 Å². The Bertz CT molecular complexity index is 911. The number of nitrogens with one attached hydrogen (secondary N) is 2. The largest absolute Gasteiger partial charge is 0.345 e. The molecule has 2 amide bonds. The number of rotatable bonds is 8. The minimum atomic E-state index is -0.131. The van der Waals surface area contributed by atoms with Crippen molar-refractivity contribution < 1.29 is 4.79 Å². The van der Waals surface area contributed by atoms with Crippen LogP contribution in [-0.2, 0) is 0 Å². The first-order chi connectivity index (χ1) is 13.4. The summed E-state index contributed by atoms with van der Waals surface area (Å²) in [5, 5.41) is 2.92. The molecule has 1 aliphatic heterocycles. The number of aromatic nitrogens is 2. The molecule has 6 nitrogen and oxygen atoms in total. The number of imidazole rings is 1. The van der Waals surface area contributed by atoms with Gasteiger partial charge < -0.3 is 15.2 Å². The van der Waals surface area contributed by atoms with Gasteiger partial charge in [0.05, 0.1) is 23.4 Å². The number of benzene rings is 1. The maximum absolute atomic E-state index is 12.5. The van der Waals surface area contributed by atoms with Crippen molar-refractivity contribution in [3.05, 3.63) is 61.0 Å². The van der Waals surface area contributed by atoms with Gasteiger partial charge in [0.1, 0.15) is 0 Å². The van der Waals surface area contributed by atoms with Crippen molar-refractivity contribution in [3.63, 3.8) is 0 Å². The lowest BCUT2D eigenvalue weighted by molar-refractivity contribution is 0.252. The molecule has 2 N–H and O–H groups in total. The van der Waals surface area contributed by atoms with E-state index < -0.39 is 0 Å². The maximum Gasteiger partial charge on any atom is 0.322 e. The molecule has 0 aliphatic carbocycles. The molecule has 2 atom stereocenters. The molecule has 1 saturated heterocycles. The van der Waals surface area contributed by atoms with Crippen LogP contribution < -0.4 is 10.2 Å². The van der Waals surface area contributed by atoms with Crippen LogP contribution in [-0.4, -0.2) is 54.1 Å². The van der Waals surface area contributed by atoms with Crippen LogP contribution in [0.15, 0.2) is 61.0 Å². The lowest BCUT2D eigenvalue weighted by Crippen LogP contribution is -2.34. The van der Waals surface area contributed by atoms with Crippen molar-refractivity contribution in [2.75, 3.05) is 32.1 Å². The number of aromatic amines is 1. The van der Waals surface area contributed by atoms with Crippen LogP contribution in [0.1, 0.15) is 13.3 Å². The van der Waals surface area contributed by atoms with Gasteiger partial charge >= 0.3 is 6.03 Å². The van der Waals surface area contributed by atoms with E-state index in [1.165, 1.54) is 0 Å². The average molecular weight is 380 g/mol. The molecule has 1 aliphatic rings. The summed E-state index contributed by atoms with van der Waals surface area (Å²) < 4.78 is 0. The van der Waals surface area contributed by atoms with Crippen LogP contribution in [0.5, 0.6) is 0 Å². The number of carbonyl (C=O) groups is 1. The van der Waals surface area contributed by atoms with Gasteiger partial charge in [-0.15, -0.1) is 0 Å². The number of nitrogens with zero attached hydrogens (tertiary/aromatic N) is 3. The fourth-order valence-corrected chi connectivity index (χ4v) is 3.30. The number of amides is 2. The van der Waals surface area contributed by atoms with E-state index in [-0.39, 0.29) is 12.1 Å². The number of fused-ring (bicyclic) bond motifs is 1. The second-order valence-corrected chi connectivity index (χ2v) is 7.65. The van der Waals surface area contributed by atoms with Crippen LogP contribution in [0.2, 0.25) is 0 Å². The number of hydrogen-bond donors (Lipinski definition) is 2. The molecule has 1 fully saturated rings. The van der Waals surface area contributed by atoms with Crippen LogP contribution >= 0.6 is 0 Å². The molecule has 0 spiro atoms. The molecule has 6 heteroatoms. The van der Waals surface area contributed by atoms with Crippen molar-refractivity contribution >= 4 is 22.8 Å². The number of H-pyrrole nitrogens is 1. The Kier molecular flexibility index (Phi) is 5.99. The fraction of sp³-hybridized carbons (Fsp3) is 0.364. The molecular weight excluding hydrogens is 350 g/mol. The fourth-order valence-electron chi connectivity index (χ4n) is 3.30. The van der Waals surface area contributed by atoms with Gasteiger partial charge in [-0.3, -0.25) is 4.90 Å². The van der Waals surface area contributed by atoms with Gasteiger partial charge in [0.25, 0.3) is 0 Å². The normalized spacial score (nSPS) is 18.2. The molecule has 1 aromatic heterocycles. The van der Waals surface area contributed by atoms with E-state index in [4.69, 9.17) is 0 Å². The molecule has 1 unspecified atom stereocenters. The molecule has 0 radical (unpaired) electrons. The zero-order valence-corrected chi connectivity index (χ0v) is 16.9. The number of allylic oxidation sites excluding steroid dienone is 2. The van der Waals surface area contributed by atoms with E-state index in [0.29, 0.717) is 12.5 Å². The summed E-state index contributed by atoms with van der Waals surface area (Å²) in [6, 6.07) is 5.53. The summed E-state index contributed by atoms with van der Waals surface area (Å²) in [6.07, 6.45) is 6.73. The highest BCUT2D eigenvalue weighted by atomic mass is 16.2. The molecule has 0 saturated carbocycles. The van der Waals surface area contributed by atoms with E-state index in [1.54, 1.807) is 11.2 Å². The first-order valence-electron chi connectivity index (χ1n) is 9.57. The standard InChI is InChI=1S/C22H29N5O/c1-15(16(2)10-11-26(4)5)6-7-17(3)21-13-23-22(28)27(21)18-8-9-19-20(12-18)25-14-24-19/h6-9,12,14,16,21H,1,3,10-11,13H2,2,4-5H3,(H,23,28)(H,24,25)/b7-6-/t16?,21-/m1/s1. The van der Waals surface area contributed by atoms with E-state index in [2.05, 4.69) is 54.4 Å². The minimum Gasteiger partial charge on any atom is -0.345 e. The van der Waals surface area contributed by atoms with E-state index in [9.17, 15) is 4.79 Å². The van der Waals surface area contributed by atoms with Crippen molar-refractivity contribution in [2.24, 2.45) is 5.92 Å². The van der Waals surface area contributed by atoms with Gasteiger partial charge in [0.2, 0.25) is 0 Å². The van der Waals surface area contributed by atoms with E-state index in [0.717, 1.165) is 40.8 Å². The second kappa shape index (κ2) is 8.44. The molecule has 3 rings (SSSR count). The van der Waals surface area contributed by atoms with Gasteiger partial charge in [-0.25, -0.2) is 9.78 Å². The van der Waals surface area contributed by atoms with E-state index in [1.807, 2.05) is 30.4 Å². The second-order valence-electron chi connectivity index (χ2n) is 7.65. The predicted octanol–water partition coefficient (Wildman–Crippen LogP) is 3.72. The molecule has 1 aromatic carbocycles. The van der Waals surface area contributed by atoms with Crippen molar-refractivity contribution in [3.8, 4) is 0 Å². The van der Waals surface area contributed by atoms with Gasteiger partial charge in [0.15, 0.2) is 0 Å². The van der Waals surface area contributed by atoms with Gasteiger partial charge in [-0.2, -0.15) is 0 Å². The first kappa shape index (κ1) is 19.9. The third-order valence-electron chi connectivity index (χ3n) is 5.24. The lowest BCUT2D eigenvalue weighted by atomic mass is 9.97. The Balaban J connectivity index is 1.71. The minimum absolute atomic E-state index is 0.114. The number of hydrogen-bond acceptors (Lipinski definition) is 3. The third kappa shape index (κ3) is 4.34. The van der Waals surface area contributed by atoms with Crippen molar-refractivity contribution in [2.45, 2.75) is 19.4 Å². The topological polar surface area (TPSA) is 64.3 Å². The van der Waals surface area contributed by atoms with Gasteiger partial charge in [-0.05, 0) is 56.8 Å². The monoisotopic (exact) mass is 379 g/mol. The van der Waals surface area contributed by atoms with Gasteiger partial charge in [-0.1, -0.05) is 37.8 Å². The number of urea groups is 1. The van der Waals surface area contributed by atoms with E-state index >= 15 is 0 Å². The lowest BCUT2D eigenvalue weighted by Gasteiger charge is -2.24. The Morgan fingerprint density at radius 3 is 2.93 bits per heavy atom. The molecule has 28 heavy (non-hydrogen) atoms. The summed E-state index contributed by atoms with van der Waals surface area (Å²) in [4.78, 5) is 23.7.